The molecule has 0 atom stereocenters. The maximum absolute atomic E-state index is 5.97. The van der Waals surface area contributed by atoms with Crippen LogP contribution in [-0.4, -0.2) is 7.05 Å². The third-order valence-corrected chi connectivity index (χ3v) is 3.33. The average molecular weight is 231 g/mol. The molecule has 2 rings (SSSR count). The molecule has 92 valence electrons. The number of rotatable bonds is 4. The summed E-state index contributed by atoms with van der Waals surface area (Å²) in [5, 5.41) is 4.47. The summed E-state index contributed by atoms with van der Waals surface area (Å²) in [5.41, 5.74) is 5.04. The van der Waals surface area contributed by atoms with Crippen molar-refractivity contribution in [2.45, 2.75) is 40.2 Å². The van der Waals surface area contributed by atoms with Gasteiger partial charge in [0.25, 0.3) is 0 Å². The van der Waals surface area contributed by atoms with Crippen LogP contribution in [0, 0.1) is 13.8 Å². The lowest BCUT2D eigenvalue weighted by Crippen LogP contribution is -2.05. The predicted octanol–water partition coefficient (Wildman–Crippen LogP) is 3.72. The van der Waals surface area contributed by atoms with E-state index in [0.717, 1.165) is 30.7 Å². The highest BCUT2D eigenvalue weighted by molar-refractivity contribution is 5.84. The first-order chi connectivity index (χ1) is 8.17. The van der Waals surface area contributed by atoms with Gasteiger partial charge in [0.2, 0.25) is 0 Å². The Kier molecular flexibility index (Phi) is 3.53. The van der Waals surface area contributed by atoms with E-state index in [1.807, 2.05) is 7.05 Å². The molecule has 0 saturated carbocycles. The lowest BCUT2D eigenvalue weighted by molar-refractivity contribution is 0.523. The smallest absolute Gasteiger partial charge is 0.134 e. The quantitative estimate of drug-likeness (QED) is 0.867. The fraction of sp³-hybridized carbons (Fsp3) is 0.467. The van der Waals surface area contributed by atoms with E-state index < -0.39 is 0 Å². The van der Waals surface area contributed by atoms with Crippen molar-refractivity contribution in [3.8, 4) is 0 Å². The van der Waals surface area contributed by atoms with E-state index in [1.54, 1.807) is 0 Å². The molecule has 0 aliphatic heterocycles. The second-order valence-electron chi connectivity index (χ2n) is 4.72. The summed E-state index contributed by atoms with van der Waals surface area (Å²) >= 11 is 0. The van der Waals surface area contributed by atoms with Gasteiger partial charge in [0.1, 0.15) is 11.3 Å². The second-order valence-corrected chi connectivity index (χ2v) is 4.72. The van der Waals surface area contributed by atoms with Crippen LogP contribution in [0.5, 0.6) is 0 Å². The van der Waals surface area contributed by atoms with Crippen molar-refractivity contribution in [3.63, 3.8) is 0 Å². The van der Waals surface area contributed by atoms with Gasteiger partial charge in [0, 0.05) is 10.9 Å². The van der Waals surface area contributed by atoms with Crippen molar-refractivity contribution in [2.24, 2.45) is 0 Å². The molecule has 0 bridgehead atoms. The number of benzene rings is 1. The minimum atomic E-state index is 0.808. The zero-order chi connectivity index (χ0) is 12.4. The van der Waals surface area contributed by atoms with E-state index in [2.05, 4.69) is 38.2 Å². The summed E-state index contributed by atoms with van der Waals surface area (Å²) in [5.74, 6) is 1.09. The molecule has 1 N–H and O–H groups in total. The lowest BCUT2D eigenvalue weighted by Gasteiger charge is -2.01. The molecule has 0 spiro atoms. The average Bonchev–Trinajstić information content (AvgIpc) is 2.59. The SMILES string of the molecule is CCCc1c(CNC)oc2cc(C)c(C)cc12. The molecule has 1 aromatic carbocycles. The summed E-state index contributed by atoms with van der Waals surface area (Å²) in [6.45, 7) is 7.31. The van der Waals surface area contributed by atoms with Crippen molar-refractivity contribution < 1.29 is 4.42 Å². The van der Waals surface area contributed by atoms with Crippen LogP contribution in [0.25, 0.3) is 11.0 Å². The first-order valence-corrected chi connectivity index (χ1v) is 6.33. The molecule has 0 amide bonds. The van der Waals surface area contributed by atoms with E-state index >= 15 is 0 Å². The van der Waals surface area contributed by atoms with Gasteiger partial charge < -0.3 is 9.73 Å². The molecule has 0 fully saturated rings. The van der Waals surface area contributed by atoms with Crippen molar-refractivity contribution >= 4 is 11.0 Å². The molecular weight excluding hydrogens is 210 g/mol. The molecule has 2 heteroatoms. The Bertz CT molecular complexity index is 525. The zero-order valence-corrected chi connectivity index (χ0v) is 11.2. The summed E-state index contributed by atoms with van der Waals surface area (Å²) in [7, 11) is 1.96. The predicted molar refractivity (Wildman–Crippen MR) is 72.4 cm³/mol. The maximum atomic E-state index is 5.97. The zero-order valence-electron chi connectivity index (χ0n) is 11.2. The summed E-state index contributed by atoms with van der Waals surface area (Å²) in [4.78, 5) is 0. The molecule has 1 aromatic heterocycles. The van der Waals surface area contributed by atoms with Crippen LogP contribution in [0.3, 0.4) is 0 Å². The molecule has 0 aliphatic carbocycles. The van der Waals surface area contributed by atoms with Gasteiger partial charge in [-0.3, -0.25) is 0 Å². The highest BCUT2D eigenvalue weighted by Gasteiger charge is 2.13. The number of fused-ring (bicyclic) bond motifs is 1. The number of nitrogens with one attached hydrogen (secondary N) is 1. The Morgan fingerprint density at radius 1 is 1.18 bits per heavy atom. The van der Waals surface area contributed by atoms with E-state index in [0.29, 0.717) is 0 Å². The van der Waals surface area contributed by atoms with E-state index in [4.69, 9.17) is 4.42 Å². The molecule has 0 unspecified atom stereocenters. The third-order valence-electron chi connectivity index (χ3n) is 3.33. The van der Waals surface area contributed by atoms with Crippen LogP contribution in [0.1, 0.15) is 35.8 Å². The number of hydrogen-bond acceptors (Lipinski definition) is 2. The molecule has 0 radical (unpaired) electrons. The van der Waals surface area contributed by atoms with Gasteiger partial charge in [-0.05, 0) is 50.6 Å². The van der Waals surface area contributed by atoms with Gasteiger partial charge >= 0.3 is 0 Å². The first-order valence-electron chi connectivity index (χ1n) is 6.33. The van der Waals surface area contributed by atoms with Crippen LogP contribution in [0.2, 0.25) is 0 Å². The summed E-state index contributed by atoms with van der Waals surface area (Å²) < 4.78 is 5.97. The molecule has 0 saturated heterocycles. The molecule has 2 nitrogen and oxygen atoms in total. The van der Waals surface area contributed by atoms with Crippen LogP contribution >= 0.6 is 0 Å². The molecule has 1 heterocycles. The van der Waals surface area contributed by atoms with Crippen LogP contribution in [0.15, 0.2) is 16.5 Å². The van der Waals surface area contributed by atoms with Crippen molar-refractivity contribution in [3.05, 3.63) is 34.6 Å². The molecule has 2 aromatic rings. The Balaban J connectivity index is 2.62. The monoisotopic (exact) mass is 231 g/mol. The van der Waals surface area contributed by atoms with Gasteiger partial charge in [0.15, 0.2) is 0 Å². The number of hydrogen-bond donors (Lipinski definition) is 1. The fourth-order valence-corrected chi connectivity index (χ4v) is 2.28. The lowest BCUT2D eigenvalue weighted by atomic mass is 10.0. The van der Waals surface area contributed by atoms with Crippen LogP contribution in [-0.2, 0) is 13.0 Å². The number of aryl methyl sites for hydroxylation is 3. The van der Waals surface area contributed by atoms with Crippen LogP contribution < -0.4 is 5.32 Å². The molecule has 0 aliphatic rings. The topological polar surface area (TPSA) is 25.2 Å². The minimum absolute atomic E-state index is 0.808. The highest BCUT2D eigenvalue weighted by Crippen LogP contribution is 2.29. The highest BCUT2D eigenvalue weighted by atomic mass is 16.3. The Labute approximate surface area is 103 Å². The van der Waals surface area contributed by atoms with E-state index in [-0.39, 0.29) is 0 Å². The normalized spacial score (nSPS) is 11.3. The van der Waals surface area contributed by atoms with Crippen molar-refractivity contribution in [2.75, 3.05) is 7.05 Å². The van der Waals surface area contributed by atoms with Gasteiger partial charge in [0.05, 0.1) is 6.54 Å². The third kappa shape index (κ3) is 2.22. The first kappa shape index (κ1) is 12.2. The van der Waals surface area contributed by atoms with Crippen molar-refractivity contribution in [1.82, 2.24) is 5.32 Å². The Morgan fingerprint density at radius 3 is 2.53 bits per heavy atom. The van der Waals surface area contributed by atoms with Gasteiger partial charge in [-0.1, -0.05) is 13.3 Å². The molecule has 17 heavy (non-hydrogen) atoms. The summed E-state index contributed by atoms with van der Waals surface area (Å²) in [6, 6.07) is 4.42. The van der Waals surface area contributed by atoms with E-state index in [1.165, 1.54) is 22.1 Å². The van der Waals surface area contributed by atoms with Gasteiger partial charge in [-0.2, -0.15) is 0 Å². The van der Waals surface area contributed by atoms with Gasteiger partial charge in [-0.15, -0.1) is 0 Å². The van der Waals surface area contributed by atoms with E-state index in [9.17, 15) is 0 Å². The largest absolute Gasteiger partial charge is 0.459 e. The minimum Gasteiger partial charge on any atom is -0.459 e. The maximum Gasteiger partial charge on any atom is 0.134 e. The van der Waals surface area contributed by atoms with Crippen molar-refractivity contribution in [1.29, 1.82) is 0 Å². The Morgan fingerprint density at radius 2 is 1.88 bits per heavy atom. The fourth-order valence-electron chi connectivity index (χ4n) is 2.28. The summed E-state index contributed by atoms with van der Waals surface area (Å²) in [6.07, 6.45) is 2.24. The number of furan rings is 1. The second kappa shape index (κ2) is 4.92. The Hall–Kier alpha value is -1.28. The van der Waals surface area contributed by atoms with Gasteiger partial charge in [-0.25, -0.2) is 0 Å². The molecular formula is C15H21NO. The van der Waals surface area contributed by atoms with Crippen LogP contribution in [0.4, 0.5) is 0 Å². The standard InChI is InChI=1S/C15H21NO/c1-5-6-12-13-7-10(2)11(3)8-14(13)17-15(12)9-16-4/h7-8,16H,5-6,9H2,1-4H3.